The van der Waals surface area contributed by atoms with Crippen molar-refractivity contribution in [2.24, 2.45) is 0 Å². The van der Waals surface area contributed by atoms with Crippen LogP contribution >= 0.6 is 0 Å². The second kappa shape index (κ2) is 4.72. The zero-order chi connectivity index (χ0) is 13.2. The van der Waals surface area contributed by atoms with Crippen molar-refractivity contribution in [3.05, 3.63) is 36.4 Å². The molecule has 1 heterocycles. The quantitative estimate of drug-likeness (QED) is 0.828. The fourth-order valence-electron chi connectivity index (χ4n) is 1.80. The van der Waals surface area contributed by atoms with Crippen molar-refractivity contribution in [1.82, 2.24) is 5.32 Å². The van der Waals surface area contributed by atoms with Gasteiger partial charge in [0.15, 0.2) is 11.5 Å². The van der Waals surface area contributed by atoms with E-state index in [9.17, 15) is 4.79 Å². The molecule has 0 unspecified atom stereocenters. The third kappa shape index (κ3) is 2.18. The molecule has 0 spiro atoms. The van der Waals surface area contributed by atoms with Crippen LogP contribution in [0.4, 0.5) is 0 Å². The molecule has 1 amide bonds. The number of amides is 1. The number of ether oxygens (including phenoxy) is 2. The molecule has 0 saturated heterocycles. The summed E-state index contributed by atoms with van der Waals surface area (Å²) in [5.41, 5.74) is 0.276. The van der Waals surface area contributed by atoms with E-state index in [1.165, 1.54) is 0 Å². The predicted molar refractivity (Wildman–Crippen MR) is 68.8 cm³/mol. The SMILES string of the molecule is C=CCNC(=O)C(C)(C)c1ccc2c(c1)OCO2. The Hall–Kier alpha value is -1.97. The Balaban J connectivity index is 2.23. The molecule has 1 N–H and O–H groups in total. The minimum atomic E-state index is -0.621. The van der Waals surface area contributed by atoms with E-state index in [0.29, 0.717) is 12.3 Å². The third-order valence-corrected chi connectivity index (χ3v) is 3.07. The summed E-state index contributed by atoms with van der Waals surface area (Å²) in [6, 6.07) is 5.58. The van der Waals surface area contributed by atoms with Crippen LogP contribution in [-0.4, -0.2) is 19.2 Å². The molecule has 0 radical (unpaired) electrons. The first-order valence-electron chi connectivity index (χ1n) is 5.85. The number of fused-ring (bicyclic) bond motifs is 1. The van der Waals surface area contributed by atoms with Gasteiger partial charge in [-0.3, -0.25) is 4.79 Å². The summed E-state index contributed by atoms with van der Waals surface area (Å²) < 4.78 is 10.6. The van der Waals surface area contributed by atoms with Crippen molar-refractivity contribution in [2.45, 2.75) is 19.3 Å². The summed E-state index contributed by atoms with van der Waals surface area (Å²) in [7, 11) is 0. The molecule has 0 saturated carbocycles. The van der Waals surface area contributed by atoms with Crippen molar-refractivity contribution in [3.63, 3.8) is 0 Å². The predicted octanol–water partition coefficient (Wildman–Crippen LogP) is 2.00. The number of carbonyl (C=O) groups excluding carboxylic acids is 1. The van der Waals surface area contributed by atoms with Gasteiger partial charge in [-0.25, -0.2) is 0 Å². The van der Waals surface area contributed by atoms with E-state index >= 15 is 0 Å². The molecule has 18 heavy (non-hydrogen) atoms. The molecule has 2 rings (SSSR count). The van der Waals surface area contributed by atoms with Gasteiger partial charge >= 0.3 is 0 Å². The highest BCUT2D eigenvalue weighted by Gasteiger charge is 2.30. The molecule has 0 bridgehead atoms. The van der Waals surface area contributed by atoms with Crippen molar-refractivity contribution in [3.8, 4) is 11.5 Å². The van der Waals surface area contributed by atoms with Crippen LogP contribution < -0.4 is 14.8 Å². The lowest BCUT2D eigenvalue weighted by molar-refractivity contribution is -0.125. The average molecular weight is 247 g/mol. The minimum absolute atomic E-state index is 0.0405. The van der Waals surface area contributed by atoms with Crippen molar-refractivity contribution >= 4 is 5.91 Å². The van der Waals surface area contributed by atoms with Gasteiger partial charge < -0.3 is 14.8 Å². The van der Waals surface area contributed by atoms with Gasteiger partial charge in [-0.1, -0.05) is 12.1 Å². The second-order valence-electron chi connectivity index (χ2n) is 4.69. The van der Waals surface area contributed by atoms with E-state index in [0.717, 1.165) is 11.3 Å². The van der Waals surface area contributed by atoms with E-state index in [-0.39, 0.29) is 12.7 Å². The van der Waals surface area contributed by atoms with Gasteiger partial charge in [0.1, 0.15) is 0 Å². The molecule has 1 aliphatic rings. The summed E-state index contributed by atoms with van der Waals surface area (Å²) in [6.07, 6.45) is 1.66. The number of carbonyl (C=O) groups is 1. The molecule has 1 aromatic rings. The Labute approximate surface area is 107 Å². The average Bonchev–Trinajstić information content (AvgIpc) is 2.82. The largest absolute Gasteiger partial charge is 0.454 e. The van der Waals surface area contributed by atoms with Crippen LogP contribution in [0, 0.1) is 0 Å². The Bertz CT molecular complexity index is 480. The van der Waals surface area contributed by atoms with E-state index in [4.69, 9.17) is 9.47 Å². The van der Waals surface area contributed by atoms with Crippen molar-refractivity contribution in [1.29, 1.82) is 0 Å². The van der Waals surface area contributed by atoms with Crippen LogP contribution in [0.25, 0.3) is 0 Å². The Morgan fingerprint density at radius 2 is 2.17 bits per heavy atom. The maximum Gasteiger partial charge on any atom is 0.231 e. The zero-order valence-electron chi connectivity index (χ0n) is 10.7. The van der Waals surface area contributed by atoms with Gasteiger partial charge in [-0.15, -0.1) is 6.58 Å². The number of rotatable bonds is 4. The van der Waals surface area contributed by atoms with Gasteiger partial charge in [0.2, 0.25) is 12.7 Å². The topological polar surface area (TPSA) is 47.6 Å². The summed E-state index contributed by atoms with van der Waals surface area (Å²) >= 11 is 0. The summed E-state index contributed by atoms with van der Waals surface area (Å²) in [5.74, 6) is 1.37. The number of hydrogen-bond donors (Lipinski definition) is 1. The molecule has 0 atom stereocenters. The summed E-state index contributed by atoms with van der Waals surface area (Å²) in [4.78, 5) is 12.1. The molecule has 4 heteroatoms. The maximum atomic E-state index is 12.1. The van der Waals surface area contributed by atoms with Crippen molar-refractivity contribution < 1.29 is 14.3 Å². The van der Waals surface area contributed by atoms with Gasteiger partial charge in [0.05, 0.1) is 5.41 Å². The van der Waals surface area contributed by atoms with E-state index in [1.807, 2.05) is 32.0 Å². The molecule has 0 aliphatic carbocycles. The van der Waals surface area contributed by atoms with Crippen molar-refractivity contribution in [2.75, 3.05) is 13.3 Å². The highest BCUT2D eigenvalue weighted by atomic mass is 16.7. The first-order chi connectivity index (χ1) is 8.55. The Morgan fingerprint density at radius 3 is 2.89 bits per heavy atom. The Kier molecular flexibility index (Phi) is 3.28. The lowest BCUT2D eigenvalue weighted by Gasteiger charge is -2.24. The minimum Gasteiger partial charge on any atom is -0.454 e. The van der Waals surface area contributed by atoms with E-state index in [2.05, 4.69) is 11.9 Å². The number of benzene rings is 1. The van der Waals surface area contributed by atoms with Crippen LogP contribution in [0.15, 0.2) is 30.9 Å². The fraction of sp³-hybridized carbons (Fsp3) is 0.357. The van der Waals surface area contributed by atoms with Gasteiger partial charge in [-0.2, -0.15) is 0 Å². The highest BCUT2D eigenvalue weighted by molar-refractivity contribution is 5.87. The standard InChI is InChI=1S/C14H17NO3/c1-4-7-15-13(16)14(2,3)10-5-6-11-12(8-10)18-9-17-11/h4-6,8H,1,7,9H2,2-3H3,(H,15,16). The first-order valence-corrected chi connectivity index (χ1v) is 5.85. The molecule has 0 fully saturated rings. The smallest absolute Gasteiger partial charge is 0.231 e. The van der Waals surface area contributed by atoms with Gasteiger partial charge in [0.25, 0.3) is 0 Å². The summed E-state index contributed by atoms with van der Waals surface area (Å²) in [6.45, 7) is 8.04. The molecular weight excluding hydrogens is 230 g/mol. The first kappa shape index (κ1) is 12.5. The zero-order valence-corrected chi connectivity index (χ0v) is 10.7. The van der Waals surface area contributed by atoms with Gasteiger partial charge in [-0.05, 0) is 31.5 Å². The second-order valence-corrected chi connectivity index (χ2v) is 4.69. The molecule has 4 nitrogen and oxygen atoms in total. The molecule has 1 aromatic carbocycles. The van der Waals surface area contributed by atoms with Crippen LogP contribution in [-0.2, 0) is 10.2 Å². The van der Waals surface area contributed by atoms with Crippen LogP contribution in [0.5, 0.6) is 11.5 Å². The fourth-order valence-corrected chi connectivity index (χ4v) is 1.80. The lowest BCUT2D eigenvalue weighted by Crippen LogP contribution is -2.40. The van der Waals surface area contributed by atoms with E-state index in [1.54, 1.807) is 6.08 Å². The van der Waals surface area contributed by atoms with E-state index < -0.39 is 5.41 Å². The Morgan fingerprint density at radius 1 is 1.44 bits per heavy atom. The molecule has 96 valence electrons. The van der Waals surface area contributed by atoms with Gasteiger partial charge in [0, 0.05) is 6.54 Å². The monoisotopic (exact) mass is 247 g/mol. The maximum absolute atomic E-state index is 12.1. The molecule has 0 aromatic heterocycles. The normalized spacial score (nSPS) is 13.2. The van der Waals surface area contributed by atoms with Crippen LogP contribution in [0.3, 0.4) is 0 Å². The molecular formula is C14H17NO3. The third-order valence-electron chi connectivity index (χ3n) is 3.07. The lowest BCUT2D eigenvalue weighted by atomic mass is 9.83. The number of hydrogen-bond acceptors (Lipinski definition) is 3. The summed E-state index contributed by atoms with van der Waals surface area (Å²) in [5, 5.41) is 2.81. The molecule has 1 aliphatic heterocycles. The van der Waals surface area contributed by atoms with Crippen LogP contribution in [0.2, 0.25) is 0 Å². The van der Waals surface area contributed by atoms with Crippen LogP contribution in [0.1, 0.15) is 19.4 Å². The number of nitrogens with one attached hydrogen (secondary N) is 1. The highest BCUT2D eigenvalue weighted by Crippen LogP contribution is 2.36.